The SMILES string of the molecule is OC[C@@H](OC1CC1)[N+]12C3[C@]14N[C@@]342. The first kappa shape index (κ1) is 5.54. The highest BCUT2D eigenvalue weighted by molar-refractivity contribution is 5.72. The van der Waals surface area contributed by atoms with Gasteiger partial charge in [-0.3, -0.25) is 0 Å². The normalized spacial score (nSPS) is 74.2. The van der Waals surface area contributed by atoms with E-state index in [1.807, 2.05) is 0 Å². The van der Waals surface area contributed by atoms with Crippen LogP contribution in [0, 0.1) is 0 Å². The zero-order valence-electron chi connectivity index (χ0n) is 6.66. The topological polar surface area (TPSA) is 51.4 Å². The zero-order chi connectivity index (χ0) is 7.77. The molecular formula is C8H11N2O2+. The monoisotopic (exact) mass is 167 g/mol. The van der Waals surface area contributed by atoms with Crippen LogP contribution in [0.1, 0.15) is 12.8 Å². The van der Waals surface area contributed by atoms with E-state index in [1.54, 1.807) is 0 Å². The molecule has 4 saturated heterocycles. The van der Waals surface area contributed by atoms with Crippen molar-refractivity contribution in [3.8, 4) is 0 Å². The molecule has 2 spiro atoms. The molecule has 2 aliphatic carbocycles. The fourth-order valence-corrected chi connectivity index (χ4v) is 3.45. The molecule has 5 atom stereocenters. The summed E-state index contributed by atoms with van der Waals surface area (Å²) in [5, 5.41) is 12.6. The molecule has 2 N–H and O–H groups in total. The average molecular weight is 167 g/mol. The number of hydrogen-bond acceptors (Lipinski definition) is 3. The van der Waals surface area contributed by atoms with Crippen LogP contribution in [-0.2, 0) is 4.74 Å². The number of nitrogens with zero attached hydrogens (tertiary/aromatic N) is 1. The van der Waals surface area contributed by atoms with Gasteiger partial charge in [-0.1, -0.05) is 0 Å². The molecule has 0 aromatic heterocycles. The molecule has 0 bridgehead atoms. The highest BCUT2D eigenvalue weighted by atomic mass is 16.6. The van der Waals surface area contributed by atoms with Gasteiger partial charge in [0.15, 0.2) is 0 Å². The smallest absolute Gasteiger partial charge is 0.301 e. The Labute approximate surface area is 69.7 Å². The van der Waals surface area contributed by atoms with Crippen LogP contribution in [-0.4, -0.2) is 45.9 Å². The molecule has 6 aliphatic rings. The molecule has 2 unspecified atom stereocenters. The van der Waals surface area contributed by atoms with E-state index in [1.165, 1.54) is 12.8 Å². The van der Waals surface area contributed by atoms with E-state index >= 15 is 0 Å². The number of aliphatic hydroxyl groups is 1. The maximum atomic E-state index is 9.18. The van der Waals surface area contributed by atoms with Gasteiger partial charge in [0.05, 0.1) is 6.10 Å². The largest absolute Gasteiger partial charge is 0.387 e. The molecule has 0 radical (unpaired) electrons. The molecule has 4 heteroatoms. The first-order chi connectivity index (χ1) is 5.86. The van der Waals surface area contributed by atoms with Gasteiger partial charge in [0.1, 0.15) is 6.61 Å². The summed E-state index contributed by atoms with van der Waals surface area (Å²) in [7, 11) is 0. The highest BCUT2D eigenvalue weighted by Gasteiger charge is 3.55. The molecule has 4 heterocycles. The Balaban J connectivity index is 1.43. The van der Waals surface area contributed by atoms with Crippen LogP contribution < -0.4 is 5.32 Å². The van der Waals surface area contributed by atoms with Crippen LogP contribution in [0.4, 0.5) is 0 Å². The van der Waals surface area contributed by atoms with Gasteiger partial charge >= 0.3 is 11.3 Å². The van der Waals surface area contributed by atoms with Crippen molar-refractivity contribution < 1.29 is 14.3 Å². The van der Waals surface area contributed by atoms with Gasteiger partial charge in [0, 0.05) is 0 Å². The average Bonchev–Trinajstić information content (AvgIpc) is 2.83. The molecule has 0 aromatic rings. The molecule has 0 amide bonds. The minimum atomic E-state index is 0.115. The molecule has 64 valence electrons. The Bertz CT molecular complexity index is 313. The third-order valence-corrected chi connectivity index (χ3v) is 4.48. The van der Waals surface area contributed by atoms with E-state index in [0.717, 1.165) is 10.5 Å². The fraction of sp³-hybridized carbons (Fsp3) is 1.00. The van der Waals surface area contributed by atoms with E-state index in [2.05, 4.69) is 5.32 Å². The molecule has 6 fully saturated rings. The summed E-state index contributed by atoms with van der Waals surface area (Å²) in [6.07, 6.45) is 3.00. The lowest BCUT2D eigenvalue weighted by molar-refractivity contribution is -0.748. The molecule has 12 heavy (non-hydrogen) atoms. The summed E-state index contributed by atoms with van der Waals surface area (Å²) < 4.78 is 6.88. The zero-order valence-corrected chi connectivity index (χ0v) is 6.66. The highest BCUT2D eigenvalue weighted by Crippen LogP contribution is 3.13. The van der Waals surface area contributed by atoms with E-state index in [9.17, 15) is 5.11 Å². The molecule has 0 aromatic carbocycles. The van der Waals surface area contributed by atoms with Gasteiger partial charge in [-0.05, 0) is 12.8 Å². The number of nitrogens with one attached hydrogen (secondary N) is 1. The first-order valence-corrected chi connectivity index (χ1v) is 4.80. The van der Waals surface area contributed by atoms with Gasteiger partial charge in [0.2, 0.25) is 6.23 Å². The summed E-state index contributed by atoms with van der Waals surface area (Å²) in [5.41, 5.74) is 0.963. The minimum absolute atomic E-state index is 0.115. The lowest BCUT2D eigenvalue weighted by Gasteiger charge is -2.14. The minimum Gasteiger partial charge on any atom is -0.387 e. The molecular weight excluding hydrogens is 156 g/mol. The predicted octanol–water partition coefficient (Wildman–Crippen LogP) is -1.29. The molecule has 2 saturated carbocycles. The van der Waals surface area contributed by atoms with Crippen molar-refractivity contribution >= 4 is 0 Å². The van der Waals surface area contributed by atoms with Crippen LogP contribution in [0.25, 0.3) is 0 Å². The third-order valence-electron chi connectivity index (χ3n) is 4.48. The van der Waals surface area contributed by atoms with Crippen LogP contribution in [0.15, 0.2) is 0 Å². The number of rotatable bonds is 4. The van der Waals surface area contributed by atoms with Crippen molar-refractivity contribution in [1.29, 1.82) is 0 Å². The summed E-state index contributed by atoms with van der Waals surface area (Å²) in [6.45, 7) is 0.207. The number of aliphatic hydroxyl groups excluding tert-OH is 1. The second-order valence-electron chi connectivity index (χ2n) is 4.81. The fourth-order valence-electron chi connectivity index (χ4n) is 3.45. The third kappa shape index (κ3) is 0.247. The first-order valence-electron chi connectivity index (χ1n) is 4.80. The van der Waals surface area contributed by atoms with Crippen molar-refractivity contribution in [2.75, 3.05) is 6.61 Å². The summed E-state index contributed by atoms with van der Waals surface area (Å²) in [5.74, 6) is 0. The van der Waals surface area contributed by atoms with E-state index in [4.69, 9.17) is 4.74 Å². The predicted molar refractivity (Wildman–Crippen MR) is 37.6 cm³/mol. The van der Waals surface area contributed by atoms with Crippen molar-refractivity contribution in [3.05, 3.63) is 0 Å². The molecule has 4 aliphatic heterocycles. The van der Waals surface area contributed by atoms with Gasteiger partial charge in [-0.25, -0.2) is 4.48 Å². The maximum Gasteiger partial charge on any atom is 0.301 e. The van der Waals surface area contributed by atoms with Crippen LogP contribution in [0.2, 0.25) is 0 Å². The van der Waals surface area contributed by atoms with Gasteiger partial charge in [-0.2, -0.15) is 5.32 Å². The quantitative estimate of drug-likeness (QED) is 0.404. The summed E-state index contributed by atoms with van der Waals surface area (Å²) in [6, 6.07) is 0.862. The summed E-state index contributed by atoms with van der Waals surface area (Å²) >= 11 is 0. The van der Waals surface area contributed by atoms with Crippen molar-refractivity contribution in [1.82, 2.24) is 5.32 Å². The number of quaternary nitrogens is 1. The van der Waals surface area contributed by atoms with Crippen molar-refractivity contribution in [2.24, 2.45) is 0 Å². The number of ether oxygens (including phenoxy) is 1. The van der Waals surface area contributed by atoms with Crippen LogP contribution in [0.5, 0.6) is 0 Å². The second kappa shape index (κ2) is 1.04. The lowest BCUT2D eigenvalue weighted by Crippen LogP contribution is -2.37. The van der Waals surface area contributed by atoms with Crippen LogP contribution in [0.3, 0.4) is 0 Å². The standard InChI is InChI=1S/C8H11N2O2/c11-3-5(12-4-1-2-4)10-6-7(10)8(6,10)9-7/h4-6,9,11H,1-3H2/q+1/t5-,6?,7-,8+,10?/m1/s1. The molecule has 4 nitrogen and oxygen atoms in total. The second-order valence-corrected chi connectivity index (χ2v) is 4.81. The summed E-state index contributed by atoms with van der Waals surface area (Å²) in [4.78, 5) is 0. The number of hydrogen-bond donors (Lipinski definition) is 2. The lowest BCUT2D eigenvalue weighted by atomic mass is 10.6. The Morgan fingerprint density at radius 2 is 2.25 bits per heavy atom. The van der Waals surface area contributed by atoms with E-state index in [-0.39, 0.29) is 12.8 Å². The van der Waals surface area contributed by atoms with E-state index in [0.29, 0.717) is 17.4 Å². The van der Waals surface area contributed by atoms with Crippen LogP contribution >= 0.6 is 0 Å². The van der Waals surface area contributed by atoms with Gasteiger partial charge < -0.3 is 9.84 Å². The Kier molecular flexibility index (Phi) is 0.478. The van der Waals surface area contributed by atoms with E-state index < -0.39 is 0 Å². The Morgan fingerprint density at radius 1 is 1.58 bits per heavy atom. The van der Waals surface area contributed by atoms with Gasteiger partial charge in [0.25, 0.3) is 6.04 Å². The van der Waals surface area contributed by atoms with Gasteiger partial charge in [-0.15, -0.1) is 0 Å². The van der Waals surface area contributed by atoms with Crippen molar-refractivity contribution in [3.63, 3.8) is 0 Å². The van der Waals surface area contributed by atoms with Crippen molar-refractivity contribution in [2.45, 2.75) is 42.5 Å². The molecule has 6 rings (SSSR count). The Hall–Kier alpha value is -0.160. The Morgan fingerprint density at radius 3 is 2.58 bits per heavy atom. The maximum absolute atomic E-state index is 9.18.